The Morgan fingerprint density at radius 2 is 1.88 bits per heavy atom. The van der Waals surface area contributed by atoms with Gasteiger partial charge in [0.25, 0.3) is 0 Å². The number of benzene rings is 2. The van der Waals surface area contributed by atoms with Gasteiger partial charge >= 0.3 is 0 Å². The summed E-state index contributed by atoms with van der Waals surface area (Å²) in [5, 5.41) is 31.6. The molecule has 2 aromatic carbocycles. The topological polar surface area (TPSA) is 155 Å². The summed E-state index contributed by atoms with van der Waals surface area (Å²) < 4.78 is 13.1. The maximum atomic E-state index is 10.0. The number of pyridine rings is 1. The van der Waals surface area contributed by atoms with Crippen molar-refractivity contribution in [3.63, 3.8) is 0 Å². The number of carboxylic acids is 1. The van der Waals surface area contributed by atoms with E-state index in [1.165, 1.54) is 0 Å². The second-order valence-electron chi connectivity index (χ2n) is 8.11. The highest BCUT2D eigenvalue weighted by atomic mass is 16.5. The molecule has 34 heavy (non-hydrogen) atoms. The Kier molecular flexibility index (Phi) is 8.14. The summed E-state index contributed by atoms with van der Waals surface area (Å²) in [7, 11) is 3.26. The lowest BCUT2D eigenvalue weighted by molar-refractivity contribution is -0.686. The van der Waals surface area contributed by atoms with Crippen molar-refractivity contribution < 1.29 is 34.2 Å². The molecule has 0 saturated heterocycles. The Morgan fingerprint density at radius 3 is 2.53 bits per heavy atom. The summed E-state index contributed by atoms with van der Waals surface area (Å²) in [6.45, 7) is 1.38. The number of carbonyl (C=O) groups excluding carboxylic acids is 1. The molecule has 0 amide bonds. The van der Waals surface area contributed by atoms with Crippen molar-refractivity contribution in [2.24, 2.45) is 11.5 Å². The number of hydrogen-bond acceptors (Lipinski definition) is 8. The Labute approximate surface area is 198 Å². The predicted octanol–water partition coefficient (Wildman–Crippen LogP) is 0.971. The Hall–Kier alpha value is -3.56. The quantitative estimate of drug-likeness (QED) is 0.227. The van der Waals surface area contributed by atoms with Crippen LogP contribution in [-0.2, 0) is 17.8 Å². The number of rotatable bonds is 7. The summed E-state index contributed by atoms with van der Waals surface area (Å²) in [6.07, 6.45) is 4.88. The van der Waals surface area contributed by atoms with Crippen LogP contribution in [0.15, 0.2) is 36.5 Å². The first kappa shape index (κ1) is 25.1. The van der Waals surface area contributed by atoms with Crippen molar-refractivity contribution in [2.45, 2.75) is 38.3 Å². The van der Waals surface area contributed by atoms with Gasteiger partial charge in [-0.25, -0.2) is 0 Å². The van der Waals surface area contributed by atoms with E-state index in [1.807, 2.05) is 12.1 Å². The smallest absolute Gasteiger partial charge is 0.213 e. The second kappa shape index (κ2) is 11.0. The number of carboxylic acid groups (broad SMARTS) is 1. The summed E-state index contributed by atoms with van der Waals surface area (Å²) >= 11 is 0. The van der Waals surface area contributed by atoms with Crippen LogP contribution in [-0.4, -0.2) is 43.0 Å². The third-order valence-electron chi connectivity index (χ3n) is 5.87. The van der Waals surface area contributed by atoms with E-state index in [2.05, 4.69) is 16.8 Å². The Morgan fingerprint density at radius 1 is 1.15 bits per heavy atom. The van der Waals surface area contributed by atoms with Gasteiger partial charge in [-0.2, -0.15) is 4.57 Å². The predicted molar refractivity (Wildman–Crippen MR) is 126 cm³/mol. The van der Waals surface area contributed by atoms with Crippen LogP contribution in [0.5, 0.6) is 23.0 Å². The first-order chi connectivity index (χ1) is 16.3. The first-order valence-corrected chi connectivity index (χ1v) is 11.1. The van der Waals surface area contributed by atoms with Gasteiger partial charge in [0.05, 0.1) is 31.1 Å². The zero-order valence-corrected chi connectivity index (χ0v) is 19.4. The third-order valence-corrected chi connectivity index (χ3v) is 5.87. The molecule has 0 radical (unpaired) electrons. The molecule has 1 atom stereocenters. The van der Waals surface area contributed by atoms with E-state index in [1.54, 1.807) is 26.4 Å². The molecule has 9 heteroatoms. The summed E-state index contributed by atoms with van der Waals surface area (Å²) in [5.41, 5.74) is 13.3. The number of nitrogens with zero attached hydrogens (tertiary/aromatic N) is 1. The van der Waals surface area contributed by atoms with E-state index in [-0.39, 0.29) is 11.5 Å². The normalized spacial score (nSPS) is 12.7. The molecule has 1 aliphatic rings. The number of phenols is 2. The molecule has 182 valence electrons. The number of aromatic hydroxyl groups is 2. The molecule has 0 aliphatic carbocycles. The zero-order chi connectivity index (χ0) is 24.8. The molecular weight excluding hydrogens is 438 g/mol. The van der Waals surface area contributed by atoms with Crippen LogP contribution in [0.1, 0.15) is 24.8 Å². The molecule has 2 heterocycles. The summed E-state index contributed by atoms with van der Waals surface area (Å²) in [6, 6.07) is 8.40. The largest absolute Gasteiger partial charge is 0.548 e. The monoisotopic (exact) mass is 469 g/mol. The summed E-state index contributed by atoms with van der Waals surface area (Å²) in [5.74, 6) is 0.0509. The van der Waals surface area contributed by atoms with Gasteiger partial charge in [0.15, 0.2) is 35.7 Å². The van der Waals surface area contributed by atoms with Gasteiger partial charge in [0, 0.05) is 18.5 Å². The fraction of sp³-hybridized carbons (Fsp3) is 0.360. The molecule has 0 spiro atoms. The van der Waals surface area contributed by atoms with Gasteiger partial charge in [-0.05, 0) is 54.6 Å². The molecule has 0 fully saturated rings. The first-order valence-electron chi connectivity index (χ1n) is 11.1. The lowest BCUT2D eigenvalue weighted by Crippen LogP contribution is -2.41. The Bertz CT molecular complexity index is 1180. The number of hydrogen-bond donors (Lipinski definition) is 4. The van der Waals surface area contributed by atoms with Crippen molar-refractivity contribution in [1.29, 1.82) is 0 Å². The fourth-order valence-corrected chi connectivity index (χ4v) is 4.03. The highest BCUT2D eigenvalue weighted by molar-refractivity contribution is 5.91. The van der Waals surface area contributed by atoms with Crippen molar-refractivity contribution in [3.05, 3.63) is 42.1 Å². The number of unbranched alkanes of at least 4 members (excludes halogenated alkanes) is 1. The minimum absolute atomic E-state index is 0.0746. The number of fused-ring (bicyclic) bond motifs is 4. The number of phenolic OH excluding ortho intramolecular Hbond substituents is 2. The number of ether oxygens (including phenoxy) is 2. The van der Waals surface area contributed by atoms with Gasteiger partial charge in [0.1, 0.15) is 0 Å². The third kappa shape index (κ3) is 5.32. The van der Waals surface area contributed by atoms with Crippen LogP contribution >= 0.6 is 0 Å². The molecule has 6 N–H and O–H groups in total. The number of aromatic nitrogens is 1. The van der Waals surface area contributed by atoms with E-state index >= 15 is 0 Å². The minimum atomic E-state index is -1.18. The average molecular weight is 470 g/mol. The number of nitrogens with two attached hydrogens (primary N) is 2. The van der Waals surface area contributed by atoms with Gasteiger partial charge in [-0.3, -0.25) is 0 Å². The van der Waals surface area contributed by atoms with Gasteiger partial charge in [0.2, 0.25) is 5.69 Å². The van der Waals surface area contributed by atoms with E-state index in [0.29, 0.717) is 24.5 Å². The van der Waals surface area contributed by atoms with Gasteiger partial charge in [-0.1, -0.05) is 6.42 Å². The average Bonchev–Trinajstić information content (AvgIpc) is 2.83. The molecule has 0 saturated carbocycles. The van der Waals surface area contributed by atoms with E-state index < -0.39 is 12.0 Å². The standard InChI is InChI=1S/C19H17NO4.C6H14N2O2/c1-23-18-4-3-11-7-15-13-9-17(22)16(21)8-12(13)5-6-20(15)10-14(11)19(18)24-2;7-4-2-1-3-5(8)6(9)10/h3-4,7-10,22H,5-6H2,1-2H3;5H,1-4,7-8H2,(H,9,10). The lowest BCUT2D eigenvalue weighted by Gasteiger charge is -2.17. The molecule has 1 aliphatic heterocycles. The second-order valence-corrected chi connectivity index (χ2v) is 8.11. The molecule has 1 aromatic heterocycles. The molecule has 4 rings (SSSR count). The van der Waals surface area contributed by atoms with Crippen LogP contribution in [0.25, 0.3) is 22.0 Å². The molecule has 3 aromatic rings. The maximum Gasteiger partial charge on any atom is 0.213 e. The zero-order valence-electron chi connectivity index (χ0n) is 19.4. The number of carbonyl (C=O) groups is 1. The van der Waals surface area contributed by atoms with Crippen molar-refractivity contribution >= 4 is 16.7 Å². The SMILES string of the molecule is COc1ccc2cc3[n+](cc2c1OC)CCc1cc(O)c(O)cc1-3.NCCCCC(N)C(=O)[O-]. The van der Waals surface area contributed by atoms with Crippen molar-refractivity contribution in [3.8, 4) is 34.3 Å². The Balaban J connectivity index is 0.000000277. The van der Waals surface area contributed by atoms with E-state index in [4.69, 9.17) is 20.9 Å². The number of aryl methyl sites for hydroxylation is 2. The highest BCUT2D eigenvalue weighted by Gasteiger charge is 2.26. The van der Waals surface area contributed by atoms with Gasteiger partial charge < -0.3 is 41.1 Å². The molecular formula is C25H31N3O6. The highest BCUT2D eigenvalue weighted by Crippen LogP contribution is 2.39. The maximum absolute atomic E-state index is 10.0. The van der Waals surface area contributed by atoms with Crippen LogP contribution < -0.4 is 30.6 Å². The van der Waals surface area contributed by atoms with Crippen molar-refractivity contribution in [2.75, 3.05) is 20.8 Å². The van der Waals surface area contributed by atoms with Crippen LogP contribution in [0.3, 0.4) is 0 Å². The van der Waals surface area contributed by atoms with E-state index in [0.717, 1.165) is 53.4 Å². The van der Waals surface area contributed by atoms with Crippen molar-refractivity contribution in [1.82, 2.24) is 0 Å². The minimum Gasteiger partial charge on any atom is -0.548 e. The van der Waals surface area contributed by atoms with E-state index in [9.17, 15) is 20.1 Å². The molecule has 1 unspecified atom stereocenters. The van der Waals surface area contributed by atoms with Gasteiger partial charge in [-0.15, -0.1) is 0 Å². The number of methoxy groups -OCH3 is 2. The van der Waals surface area contributed by atoms with Crippen LogP contribution in [0, 0.1) is 0 Å². The number of aliphatic carboxylic acids is 1. The molecule has 9 nitrogen and oxygen atoms in total. The fourth-order valence-electron chi connectivity index (χ4n) is 4.03. The lowest BCUT2D eigenvalue weighted by atomic mass is 9.95. The molecule has 0 bridgehead atoms. The van der Waals surface area contributed by atoms with Crippen LogP contribution in [0.2, 0.25) is 0 Å². The van der Waals surface area contributed by atoms with Crippen LogP contribution in [0.4, 0.5) is 0 Å². The summed E-state index contributed by atoms with van der Waals surface area (Å²) in [4.78, 5) is 10.0.